The summed E-state index contributed by atoms with van der Waals surface area (Å²) in [5.41, 5.74) is 6.77. The normalized spacial score (nSPS) is 10.7. The highest BCUT2D eigenvalue weighted by atomic mass is 16.5. The Morgan fingerprint density at radius 3 is 2.38 bits per heavy atom. The van der Waals surface area contributed by atoms with Crippen LogP contribution in [0.5, 0.6) is 5.75 Å². The number of aromatic nitrogens is 2. The molecule has 3 N–H and O–H groups in total. The third-order valence-corrected chi connectivity index (χ3v) is 3.87. The monoisotopic (exact) mass is 354 g/mol. The van der Waals surface area contributed by atoms with Crippen molar-refractivity contribution in [1.82, 2.24) is 9.13 Å². The van der Waals surface area contributed by atoms with E-state index >= 15 is 0 Å². The minimum absolute atomic E-state index is 0.0971. The number of rotatable bonds is 6. The number of amides is 2. The first-order valence-corrected chi connectivity index (χ1v) is 7.91. The van der Waals surface area contributed by atoms with E-state index in [1.165, 1.54) is 9.13 Å². The third-order valence-electron chi connectivity index (χ3n) is 3.87. The van der Waals surface area contributed by atoms with Crippen LogP contribution in [-0.4, -0.2) is 27.6 Å². The molecular weight excluding hydrogens is 336 g/mol. The van der Waals surface area contributed by atoms with Crippen LogP contribution < -0.4 is 21.5 Å². The summed E-state index contributed by atoms with van der Waals surface area (Å²) in [6.45, 7) is -0.310. The van der Waals surface area contributed by atoms with Gasteiger partial charge in [-0.1, -0.05) is 12.1 Å². The van der Waals surface area contributed by atoms with Gasteiger partial charge in [-0.2, -0.15) is 0 Å². The third kappa shape index (κ3) is 3.59. The Balaban J connectivity index is 1.71. The maximum absolute atomic E-state index is 12.3. The zero-order chi connectivity index (χ0) is 18.7. The number of nitrogens with two attached hydrogens (primary N) is 1. The van der Waals surface area contributed by atoms with Gasteiger partial charge in [-0.15, -0.1) is 0 Å². The first-order chi connectivity index (χ1) is 12.5. The van der Waals surface area contributed by atoms with Crippen LogP contribution in [0.2, 0.25) is 0 Å². The van der Waals surface area contributed by atoms with E-state index in [1.54, 1.807) is 37.4 Å². The van der Waals surface area contributed by atoms with Crippen molar-refractivity contribution in [3.05, 3.63) is 59.0 Å². The highest BCUT2D eigenvalue weighted by Gasteiger charge is 2.13. The first kappa shape index (κ1) is 17.3. The molecule has 0 unspecified atom stereocenters. The standard InChI is InChI=1S/C18H18N4O4/c1-21-14-4-2-3-5-15(14)22(18(21)25)10-17(24)20-12-6-8-13(9-7-12)26-11-16(19)23/h2-9H,10-11H2,1H3,(H2,19,23)(H,20,24). The average molecular weight is 354 g/mol. The number of ether oxygens (including phenoxy) is 1. The molecule has 0 aliphatic rings. The van der Waals surface area contributed by atoms with Gasteiger partial charge < -0.3 is 15.8 Å². The highest BCUT2D eigenvalue weighted by molar-refractivity contribution is 5.91. The van der Waals surface area contributed by atoms with Crippen molar-refractivity contribution < 1.29 is 14.3 Å². The predicted molar refractivity (Wildman–Crippen MR) is 96.9 cm³/mol. The fourth-order valence-corrected chi connectivity index (χ4v) is 2.65. The lowest BCUT2D eigenvalue weighted by atomic mass is 10.3. The Bertz CT molecular complexity index is 1020. The van der Waals surface area contributed by atoms with E-state index in [-0.39, 0.29) is 24.7 Å². The number of hydrogen-bond acceptors (Lipinski definition) is 4. The first-order valence-electron chi connectivity index (χ1n) is 7.91. The summed E-state index contributed by atoms with van der Waals surface area (Å²) >= 11 is 0. The number of anilines is 1. The lowest BCUT2D eigenvalue weighted by molar-refractivity contribution is -0.120. The second-order valence-electron chi connectivity index (χ2n) is 5.74. The maximum Gasteiger partial charge on any atom is 0.329 e. The van der Waals surface area contributed by atoms with Crippen molar-refractivity contribution in [3.8, 4) is 5.75 Å². The predicted octanol–water partition coefficient (Wildman–Crippen LogP) is 0.843. The SMILES string of the molecule is Cn1c(=O)n(CC(=O)Nc2ccc(OCC(N)=O)cc2)c2ccccc21. The number of para-hydroxylation sites is 2. The highest BCUT2D eigenvalue weighted by Crippen LogP contribution is 2.16. The molecule has 3 aromatic rings. The second kappa shape index (κ2) is 7.14. The van der Waals surface area contributed by atoms with Crippen LogP contribution in [0.25, 0.3) is 11.0 Å². The Hall–Kier alpha value is -3.55. The number of carbonyl (C=O) groups is 2. The molecule has 1 aromatic heterocycles. The molecule has 0 saturated carbocycles. The largest absolute Gasteiger partial charge is 0.484 e. The number of carbonyl (C=O) groups excluding carboxylic acids is 2. The van der Waals surface area contributed by atoms with Crippen LogP contribution in [0.15, 0.2) is 53.3 Å². The molecule has 0 radical (unpaired) electrons. The molecule has 1 heterocycles. The number of nitrogens with zero attached hydrogens (tertiary/aromatic N) is 2. The molecule has 134 valence electrons. The number of benzene rings is 2. The van der Waals surface area contributed by atoms with E-state index in [1.807, 2.05) is 18.2 Å². The van der Waals surface area contributed by atoms with Crippen LogP contribution in [0.1, 0.15) is 0 Å². The fraction of sp³-hybridized carbons (Fsp3) is 0.167. The zero-order valence-corrected chi connectivity index (χ0v) is 14.1. The van der Waals surface area contributed by atoms with Crippen LogP contribution >= 0.6 is 0 Å². The van der Waals surface area contributed by atoms with Crippen LogP contribution in [-0.2, 0) is 23.2 Å². The van der Waals surface area contributed by atoms with E-state index in [2.05, 4.69) is 5.32 Å². The Morgan fingerprint density at radius 1 is 1.08 bits per heavy atom. The lowest BCUT2D eigenvalue weighted by Gasteiger charge is -2.08. The molecule has 0 atom stereocenters. The minimum Gasteiger partial charge on any atom is -0.484 e. The van der Waals surface area contributed by atoms with Crippen LogP contribution in [0.4, 0.5) is 5.69 Å². The van der Waals surface area contributed by atoms with E-state index < -0.39 is 5.91 Å². The molecule has 0 bridgehead atoms. The van der Waals surface area contributed by atoms with Gasteiger partial charge in [0.1, 0.15) is 12.3 Å². The number of primary amides is 1. The van der Waals surface area contributed by atoms with E-state index in [9.17, 15) is 14.4 Å². The van der Waals surface area contributed by atoms with Gasteiger partial charge in [0.15, 0.2) is 6.61 Å². The van der Waals surface area contributed by atoms with E-state index in [0.717, 1.165) is 5.52 Å². The molecule has 0 saturated heterocycles. The van der Waals surface area contributed by atoms with Crippen molar-refractivity contribution in [3.63, 3.8) is 0 Å². The summed E-state index contributed by atoms with van der Waals surface area (Å²) in [7, 11) is 1.67. The van der Waals surface area contributed by atoms with Crippen LogP contribution in [0, 0.1) is 0 Å². The molecule has 2 aromatic carbocycles. The fourth-order valence-electron chi connectivity index (χ4n) is 2.65. The van der Waals surface area contributed by atoms with Gasteiger partial charge in [-0.3, -0.25) is 18.7 Å². The zero-order valence-electron chi connectivity index (χ0n) is 14.1. The van der Waals surface area contributed by atoms with E-state index in [0.29, 0.717) is 17.0 Å². The number of imidazole rings is 1. The summed E-state index contributed by atoms with van der Waals surface area (Å²) in [6, 6.07) is 13.8. The van der Waals surface area contributed by atoms with Gasteiger partial charge in [-0.25, -0.2) is 4.79 Å². The van der Waals surface area contributed by atoms with Crippen molar-refractivity contribution in [2.75, 3.05) is 11.9 Å². The molecule has 8 heteroatoms. The quantitative estimate of drug-likeness (QED) is 0.684. The summed E-state index contributed by atoms with van der Waals surface area (Å²) < 4.78 is 8.09. The summed E-state index contributed by atoms with van der Waals surface area (Å²) in [5, 5.41) is 2.73. The minimum atomic E-state index is -0.567. The second-order valence-corrected chi connectivity index (χ2v) is 5.74. The molecular formula is C18H18N4O4. The number of nitrogens with one attached hydrogen (secondary N) is 1. The Morgan fingerprint density at radius 2 is 1.73 bits per heavy atom. The van der Waals surface area contributed by atoms with Crippen molar-refractivity contribution in [1.29, 1.82) is 0 Å². The maximum atomic E-state index is 12.3. The molecule has 0 spiro atoms. The molecule has 3 rings (SSSR count). The number of fused-ring (bicyclic) bond motifs is 1. The topological polar surface area (TPSA) is 108 Å². The van der Waals surface area contributed by atoms with Crippen LogP contribution in [0.3, 0.4) is 0 Å². The van der Waals surface area contributed by atoms with Crippen molar-refractivity contribution in [2.24, 2.45) is 12.8 Å². The number of aryl methyl sites for hydroxylation is 1. The summed E-state index contributed by atoms with van der Waals surface area (Å²) in [5.74, 6) is -0.427. The molecule has 26 heavy (non-hydrogen) atoms. The molecule has 2 amide bonds. The van der Waals surface area contributed by atoms with Gasteiger partial charge in [0.25, 0.3) is 5.91 Å². The molecule has 0 aliphatic heterocycles. The van der Waals surface area contributed by atoms with Gasteiger partial charge >= 0.3 is 5.69 Å². The van der Waals surface area contributed by atoms with Gasteiger partial charge in [0.2, 0.25) is 5.91 Å². The smallest absolute Gasteiger partial charge is 0.329 e. The molecule has 0 aliphatic carbocycles. The lowest BCUT2D eigenvalue weighted by Crippen LogP contribution is -2.28. The van der Waals surface area contributed by atoms with Gasteiger partial charge in [0.05, 0.1) is 11.0 Å². The molecule has 0 fully saturated rings. The van der Waals surface area contributed by atoms with Crippen molar-refractivity contribution >= 4 is 28.5 Å². The Labute approximate surface area is 148 Å². The average Bonchev–Trinajstić information content (AvgIpc) is 2.86. The van der Waals surface area contributed by atoms with Gasteiger partial charge in [0, 0.05) is 12.7 Å². The number of hydrogen-bond donors (Lipinski definition) is 2. The Kier molecular flexibility index (Phi) is 4.74. The van der Waals surface area contributed by atoms with E-state index in [4.69, 9.17) is 10.5 Å². The van der Waals surface area contributed by atoms with Gasteiger partial charge in [-0.05, 0) is 36.4 Å². The van der Waals surface area contributed by atoms with Crippen molar-refractivity contribution in [2.45, 2.75) is 6.54 Å². The summed E-state index contributed by atoms with van der Waals surface area (Å²) in [4.78, 5) is 35.3. The molecule has 8 nitrogen and oxygen atoms in total. The summed E-state index contributed by atoms with van der Waals surface area (Å²) in [6.07, 6.45) is 0.